The molecule has 7 heteroatoms. The molecule has 0 spiro atoms. The smallest absolute Gasteiger partial charge is 0.322 e. The van der Waals surface area contributed by atoms with Crippen LogP contribution in [-0.2, 0) is 16.0 Å². The van der Waals surface area contributed by atoms with Gasteiger partial charge in [0.15, 0.2) is 0 Å². The number of aryl methyl sites for hydroxylation is 1. The Morgan fingerprint density at radius 2 is 1.71 bits per heavy atom. The first-order chi connectivity index (χ1) is 17.0. The molecule has 3 aliphatic heterocycles. The Labute approximate surface area is 206 Å². The van der Waals surface area contributed by atoms with E-state index in [0.717, 1.165) is 42.6 Å². The van der Waals surface area contributed by atoms with Gasteiger partial charge in [-0.1, -0.05) is 60.2 Å². The molecular weight excluding hydrogens is 440 g/mol. The highest BCUT2D eigenvalue weighted by molar-refractivity contribution is 6.03. The Morgan fingerprint density at radius 1 is 1.03 bits per heavy atom. The normalized spacial score (nSPS) is 20.9. The number of hydrogen-bond donors (Lipinski definition) is 1. The molecule has 1 N–H and O–H groups in total. The molecule has 1 saturated heterocycles. The van der Waals surface area contributed by atoms with Gasteiger partial charge in [-0.05, 0) is 37.8 Å². The van der Waals surface area contributed by atoms with Crippen LogP contribution in [0.15, 0.2) is 65.9 Å². The zero-order valence-corrected chi connectivity index (χ0v) is 20.4. The molecule has 35 heavy (non-hydrogen) atoms. The van der Waals surface area contributed by atoms with E-state index in [-0.39, 0.29) is 24.4 Å². The number of urea groups is 1. The van der Waals surface area contributed by atoms with E-state index < -0.39 is 12.1 Å². The van der Waals surface area contributed by atoms with E-state index in [4.69, 9.17) is 0 Å². The van der Waals surface area contributed by atoms with Crippen LogP contribution in [-0.4, -0.2) is 64.8 Å². The number of likely N-dealkylation sites (tertiary alicyclic amines) is 1. The molecule has 2 aromatic rings. The maximum atomic E-state index is 14.0. The number of likely N-dealkylation sites (N-methyl/N-ethyl adjacent to an activating group) is 1. The lowest BCUT2D eigenvalue weighted by Gasteiger charge is -2.33. The Bertz CT molecular complexity index is 1150. The lowest BCUT2D eigenvalue weighted by molar-refractivity contribution is -0.142. The number of rotatable bonds is 6. The third kappa shape index (κ3) is 4.31. The van der Waals surface area contributed by atoms with Crippen LogP contribution in [0.4, 0.5) is 4.79 Å². The van der Waals surface area contributed by atoms with Crippen molar-refractivity contribution in [3.63, 3.8) is 0 Å². The third-order valence-corrected chi connectivity index (χ3v) is 7.33. The predicted molar refractivity (Wildman–Crippen MR) is 133 cm³/mol. The molecule has 0 radical (unpaired) electrons. The zero-order valence-electron chi connectivity index (χ0n) is 20.4. The molecule has 182 valence electrons. The number of nitrogens with one attached hydrogen (secondary N) is 1. The summed E-state index contributed by atoms with van der Waals surface area (Å²) in [6.07, 6.45) is 2.43. The fraction of sp³-hybridized carbons (Fsp3) is 0.393. The first kappa shape index (κ1) is 23.1. The van der Waals surface area contributed by atoms with Gasteiger partial charge >= 0.3 is 6.03 Å². The van der Waals surface area contributed by atoms with Crippen LogP contribution in [0.2, 0.25) is 0 Å². The molecule has 0 aromatic heterocycles. The van der Waals surface area contributed by atoms with Crippen molar-refractivity contribution in [3.05, 3.63) is 82.6 Å². The van der Waals surface area contributed by atoms with Crippen LogP contribution < -0.4 is 5.32 Å². The van der Waals surface area contributed by atoms with E-state index in [9.17, 15) is 14.4 Å². The molecule has 4 amide bonds. The van der Waals surface area contributed by atoms with E-state index in [1.165, 1.54) is 0 Å². The minimum Gasteiger partial charge on any atom is -0.341 e. The van der Waals surface area contributed by atoms with Gasteiger partial charge in [-0.15, -0.1) is 0 Å². The summed E-state index contributed by atoms with van der Waals surface area (Å²) in [4.78, 5) is 46.0. The van der Waals surface area contributed by atoms with Crippen LogP contribution in [0.25, 0.3) is 0 Å². The first-order valence-corrected chi connectivity index (χ1v) is 12.5. The number of benzene rings is 2. The summed E-state index contributed by atoms with van der Waals surface area (Å²) >= 11 is 0. The maximum absolute atomic E-state index is 14.0. The Morgan fingerprint density at radius 3 is 2.37 bits per heavy atom. The van der Waals surface area contributed by atoms with Gasteiger partial charge in [0.2, 0.25) is 5.91 Å². The van der Waals surface area contributed by atoms with Crippen molar-refractivity contribution in [2.75, 3.05) is 26.2 Å². The van der Waals surface area contributed by atoms with Gasteiger partial charge in [-0.25, -0.2) is 4.79 Å². The van der Waals surface area contributed by atoms with Crippen molar-refractivity contribution < 1.29 is 14.4 Å². The standard InChI is InChI=1S/C28H32N4O3/c1-3-31-23-18-32(22(17-20-9-5-4-6-10-20)26(33)30-15-7-8-16-30)27(34)24(23)25(29-28(31)35)21-13-11-19(2)12-14-21/h4-6,9-14,22,25H,3,7-8,15-18H2,1-2H3,(H,29,35). The van der Waals surface area contributed by atoms with Crippen molar-refractivity contribution in [1.29, 1.82) is 0 Å². The number of carbonyl (C=O) groups excluding carboxylic acids is 3. The Hall–Kier alpha value is -3.61. The van der Waals surface area contributed by atoms with Crippen LogP contribution >= 0.6 is 0 Å². The number of carbonyl (C=O) groups is 3. The van der Waals surface area contributed by atoms with Gasteiger partial charge < -0.3 is 15.1 Å². The summed E-state index contributed by atoms with van der Waals surface area (Å²) in [5, 5.41) is 3.03. The Balaban J connectivity index is 1.52. The topological polar surface area (TPSA) is 73.0 Å². The summed E-state index contributed by atoms with van der Waals surface area (Å²) in [7, 11) is 0. The number of hydrogen-bond acceptors (Lipinski definition) is 3. The lowest BCUT2D eigenvalue weighted by Crippen LogP contribution is -2.50. The fourth-order valence-electron chi connectivity index (χ4n) is 5.42. The molecule has 0 saturated carbocycles. The van der Waals surface area contributed by atoms with Crippen molar-refractivity contribution in [2.24, 2.45) is 0 Å². The largest absolute Gasteiger partial charge is 0.341 e. The van der Waals surface area contributed by atoms with Crippen LogP contribution in [0.1, 0.15) is 42.5 Å². The lowest BCUT2D eigenvalue weighted by atomic mass is 9.95. The van der Waals surface area contributed by atoms with Crippen molar-refractivity contribution in [3.8, 4) is 0 Å². The minimum absolute atomic E-state index is 0.00577. The van der Waals surface area contributed by atoms with Gasteiger partial charge in [0, 0.05) is 26.1 Å². The van der Waals surface area contributed by atoms with E-state index in [0.29, 0.717) is 24.2 Å². The second-order valence-electron chi connectivity index (χ2n) is 9.57. The quantitative estimate of drug-likeness (QED) is 0.700. The highest BCUT2D eigenvalue weighted by Gasteiger charge is 2.47. The maximum Gasteiger partial charge on any atom is 0.322 e. The molecule has 2 aromatic carbocycles. The summed E-state index contributed by atoms with van der Waals surface area (Å²) in [6.45, 7) is 6.08. The second kappa shape index (κ2) is 9.56. The molecule has 3 aliphatic rings. The molecule has 1 fully saturated rings. The van der Waals surface area contributed by atoms with E-state index in [2.05, 4.69) is 5.32 Å². The van der Waals surface area contributed by atoms with Gasteiger partial charge in [0.1, 0.15) is 6.04 Å². The average Bonchev–Trinajstić information content (AvgIpc) is 3.52. The highest BCUT2D eigenvalue weighted by atomic mass is 16.2. The monoisotopic (exact) mass is 472 g/mol. The second-order valence-corrected chi connectivity index (χ2v) is 9.57. The first-order valence-electron chi connectivity index (χ1n) is 12.5. The molecule has 0 aliphatic carbocycles. The van der Waals surface area contributed by atoms with Gasteiger partial charge in [-0.2, -0.15) is 0 Å². The molecule has 2 unspecified atom stereocenters. The summed E-state index contributed by atoms with van der Waals surface area (Å²) in [6, 6.07) is 16.4. The molecule has 7 nitrogen and oxygen atoms in total. The molecule has 0 bridgehead atoms. The van der Waals surface area contributed by atoms with E-state index >= 15 is 0 Å². The summed E-state index contributed by atoms with van der Waals surface area (Å²) < 4.78 is 0. The summed E-state index contributed by atoms with van der Waals surface area (Å²) in [5.41, 5.74) is 4.27. The fourth-order valence-corrected chi connectivity index (χ4v) is 5.42. The molecule has 5 rings (SSSR count). The molecule has 2 atom stereocenters. The number of nitrogens with zero attached hydrogens (tertiary/aromatic N) is 3. The minimum atomic E-state index is -0.610. The van der Waals surface area contributed by atoms with Crippen LogP contribution in [0, 0.1) is 6.92 Å². The van der Waals surface area contributed by atoms with Crippen molar-refractivity contribution in [1.82, 2.24) is 20.0 Å². The third-order valence-electron chi connectivity index (χ3n) is 7.33. The van der Waals surface area contributed by atoms with Crippen molar-refractivity contribution >= 4 is 17.8 Å². The number of amides is 4. The Kier molecular flexibility index (Phi) is 6.32. The summed E-state index contributed by atoms with van der Waals surface area (Å²) in [5.74, 6) is -0.175. The van der Waals surface area contributed by atoms with E-state index in [1.54, 1.807) is 9.80 Å². The zero-order chi connectivity index (χ0) is 24.5. The van der Waals surface area contributed by atoms with Crippen LogP contribution in [0.3, 0.4) is 0 Å². The van der Waals surface area contributed by atoms with Gasteiger partial charge in [0.25, 0.3) is 5.91 Å². The van der Waals surface area contributed by atoms with Gasteiger partial charge in [-0.3, -0.25) is 14.5 Å². The molecule has 3 heterocycles. The average molecular weight is 473 g/mol. The van der Waals surface area contributed by atoms with Crippen LogP contribution in [0.5, 0.6) is 0 Å². The van der Waals surface area contributed by atoms with E-state index in [1.807, 2.05) is 73.3 Å². The van der Waals surface area contributed by atoms with Crippen molar-refractivity contribution in [2.45, 2.75) is 45.2 Å². The predicted octanol–water partition coefficient (Wildman–Crippen LogP) is 3.41. The molecular formula is C28H32N4O3. The highest BCUT2D eigenvalue weighted by Crippen LogP contribution is 2.37. The van der Waals surface area contributed by atoms with Gasteiger partial charge in [0.05, 0.1) is 23.9 Å². The SMILES string of the molecule is CCN1C(=O)NC(c2ccc(C)cc2)C2=C1CN(C(Cc1ccccc1)C(=O)N1CCCC1)C2=O.